The van der Waals surface area contributed by atoms with Gasteiger partial charge < -0.3 is 5.73 Å². The van der Waals surface area contributed by atoms with Crippen LogP contribution in [0.2, 0.25) is 4.34 Å². The zero-order valence-corrected chi connectivity index (χ0v) is 14.4. The van der Waals surface area contributed by atoms with Crippen molar-refractivity contribution in [2.24, 2.45) is 7.05 Å². The van der Waals surface area contributed by atoms with Crippen LogP contribution in [-0.2, 0) is 23.6 Å². The molecular weight excluding hydrogens is 332 g/mol. The number of anilines is 1. The molecule has 0 saturated heterocycles. The predicted molar refractivity (Wildman–Crippen MR) is 85.0 cm³/mol. The van der Waals surface area contributed by atoms with Crippen LogP contribution in [0.5, 0.6) is 0 Å². The van der Waals surface area contributed by atoms with Crippen LogP contribution < -0.4 is 5.73 Å². The lowest BCUT2D eigenvalue weighted by Crippen LogP contribution is -2.31. The van der Waals surface area contributed by atoms with Crippen LogP contribution in [0.3, 0.4) is 0 Å². The number of hydrogen-bond acceptors (Lipinski definition) is 5. The molecule has 0 unspecified atom stereocenters. The van der Waals surface area contributed by atoms with Crippen molar-refractivity contribution in [1.82, 2.24) is 14.1 Å². The smallest absolute Gasteiger partial charge is 0.248 e. The lowest BCUT2D eigenvalue weighted by molar-refractivity contribution is 0.426. The third-order valence-corrected chi connectivity index (χ3v) is 6.52. The SMILES string of the molecule is CCN(Cc1ccc(Cl)s1)S(=O)(=O)c1c(N)nn(C)c1C. The molecule has 0 atom stereocenters. The number of nitrogens with two attached hydrogens (primary N) is 1. The minimum Gasteiger partial charge on any atom is -0.381 e. The van der Waals surface area contributed by atoms with Crippen LogP contribution in [-0.4, -0.2) is 29.0 Å². The number of thiophene rings is 1. The highest BCUT2D eigenvalue weighted by molar-refractivity contribution is 7.89. The fourth-order valence-electron chi connectivity index (χ4n) is 2.04. The standard InChI is InChI=1S/C12H17ClN4O2S2/c1-4-17(7-9-5-6-10(13)20-9)21(18,19)11-8(2)16(3)15-12(11)14/h5-6H,4,7H2,1-3H3,(H2,14,15). The highest BCUT2D eigenvalue weighted by atomic mass is 35.5. The number of aromatic nitrogens is 2. The van der Waals surface area contributed by atoms with E-state index in [2.05, 4.69) is 5.10 Å². The molecule has 2 rings (SSSR count). The summed E-state index contributed by atoms with van der Waals surface area (Å²) < 4.78 is 29.1. The van der Waals surface area contributed by atoms with Gasteiger partial charge in [0.15, 0.2) is 5.82 Å². The second-order valence-corrected chi connectivity index (χ2v) is 8.23. The minimum atomic E-state index is -3.69. The molecule has 0 fully saturated rings. The number of nitrogen functional groups attached to an aromatic ring is 1. The van der Waals surface area contributed by atoms with Gasteiger partial charge in [0.05, 0.1) is 10.0 Å². The van der Waals surface area contributed by atoms with E-state index >= 15 is 0 Å². The summed E-state index contributed by atoms with van der Waals surface area (Å²) in [6.45, 7) is 4.08. The van der Waals surface area contributed by atoms with Crippen molar-refractivity contribution in [2.75, 3.05) is 12.3 Å². The molecule has 2 heterocycles. The molecule has 0 spiro atoms. The van der Waals surface area contributed by atoms with E-state index < -0.39 is 10.0 Å². The van der Waals surface area contributed by atoms with Gasteiger partial charge in [-0.1, -0.05) is 18.5 Å². The average Bonchev–Trinajstić information content (AvgIpc) is 2.91. The van der Waals surface area contributed by atoms with E-state index in [0.717, 1.165) is 4.88 Å². The molecule has 0 bridgehead atoms. The van der Waals surface area contributed by atoms with E-state index in [0.29, 0.717) is 16.6 Å². The highest BCUT2D eigenvalue weighted by Gasteiger charge is 2.30. The Bertz CT molecular complexity index is 751. The fourth-order valence-corrected chi connectivity index (χ4v) is 4.94. The summed E-state index contributed by atoms with van der Waals surface area (Å²) in [7, 11) is -2.03. The van der Waals surface area contributed by atoms with Crippen LogP contribution in [0, 0.1) is 6.92 Å². The van der Waals surface area contributed by atoms with Crippen molar-refractivity contribution < 1.29 is 8.42 Å². The number of sulfonamides is 1. The van der Waals surface area contributed by atoms with Gasteiger partial charge >= 0.3 is 0 Å². The van der Waals surface area contributed by atoms with Gasteiger partial charge in [0.25, 0.3) is 0 Å². The quantitative estimate of drug-likeness (QED) is 0.898. The van der Waals surface area contributed by atoms with Crippen LogP contribution in [0.1, 0.15) is 17.5 Å². The summed E-state index contributed by atoms with van der Waals surface area (Å²) in [5.41, 5.74) is 6.29. The van der Waals surface area contributed by atoms with Crippen molar-refractivity contribution in [3.05, 3.63) is 27.0 Å². The molecule has 0 aliphatic carbocycles. The van der Waals surface area contributed by atoms with E-state index in [1.165, 1.54) is 20.3 Å². The maximum absolute atomic E-state index is 12.8. The molecular formula is C12H17ClN4O2S2. The molecule has 2 N–H and O–H groups in total. The maximum atomic E-state index is 12.8. The van der Waals surface area contributed by atoms with E-state index in [1.807, 2.05) is 6.07 Å². The number of rotatable bonds is 5. The lowest BCUT2D eigenvalue weighted by atomic mass is 10.4. The molecule has 2 aromatic rings. The summed E-state index contributed by atoms with van der Waals surface area (Å²) in [4.78, 5) is 0.958. The number of halogens is 1. The average molecular weight is 349 g/mol. The summed E-state index contributed by atoms with van der Waals surface area (Å²) in [6.07, 6.45) is 0. The zero-order valence-electron chi connectivity index (χ0n) is 12.0. The summed E-state index contributed by atoms with van der Waals surface area (Å²) >= 11 is 7.25. The van der Waals surface area contributed by atoms with Gasteiger partial charge in [0.1, 0.15) is 4.90 Å². The Kier molecular flexibility index (Phi) is 4.62. The molecule has 9 heteroatoms. The van der Waals surface area contributed by atoms with Crippen LogP contribution >= 0.6 is 22.9 Å². The van der Waals surface area contributed by atoms with Gasteiger partial charge in [0.2, 0.25) is 10.0 Å². The Labute approximate surface area is 133 Å². The van der Waals surface area contributed by atoms with Gasteiger partial charge in [-0.2, -0.15) is 9.40 Å². The molecule has 116 valence electrons. The predicted octanol–water partition coefficient (Wildman–Crippen LogP) is 2.24. The molecule has 0 saturated carbocycles. The van der Waals surface area contributed by atoms with Gasteiger partial charge in [0, 0.05) is 25.0 Å². The highest BCUT2D eigenvalue weighted by Crippen LogP contribution is 2.28. The van der Waals surface area contributed by atoms with Crippen LogP contribution in [0.25, 0.3) is 0 Å². The first-order chi connectivity index (χ1) is 9.77. The van der Waals surface area contributed by atoms with Crippen molar-refractivity contribution in [3.63, 3.8) is 0 Å². The first-order valence-corrected chi connectivity index (χ1v) is 8.94. The molecule has 0 amide bonds. The summed E-state index contributed by atoms with van der Waals surface area (Å²) in [5.74, 6) is 0.0256. The zero-order chi connectivity index (χ0) is 15.8. The number of hydrogen-bond donors (Lipinski definition) is 1. The Morgan fingerprint density at radius 2 is 2.14 bits per heavy atom. The van der Waals surface area contributed by atoms with Crippen molar-refractivity contribution in [3.8, 4) is 0 Å². The summed E-state index contributed by atoms with van der Waals surface area (Å²) in [6, 6.07) is 3.58. The van der Waals surface area contributed by atoms with Crippen molar-refractivity contribution >= 4 is 38.8 Å². The molecule has 0 aliphatic heterocycles. The van der Waals surface area contributed by atoms with Crippen LogP contribution in [0.4, 0.5) is 5.82 Å². The van der Waals surface area contributed by atoms with Gasteiger partial charge in [-0.15, -0.1) is 11.3 Å². The van der Waals surface area contributed by atoms with Crippen molar-refractivity contribution in [1.29, 1.82) is 0 Å². The Balaban J connectivity index is 2.40. The molecule has 2 aromatic heterocycles. The van der Waals surface area contributed by atoms with E-state index in [-0.39, 0.29) is 17.3 Å². The second-order valence-electron chi connectivity index (χ2n) is 4.56. The third-order valence-electron chi connectivity index (χ3n) is 3.22. The minimum absolute atomic E-state index is 0.0256. The topological polar surface area (TPSA) is 81.2 Å². The molecule has 21 heavy (non-hydrogen) atoms. The van der Waals surface area contributed by atoms with Crippen molar-refractivity contribution in [2.45, 2.75) is 25.3 Å². The number of aryl methyl sites for hydroxylation is 1. The Hall–Kier alpha value is -1.09. The largest absolute Gasteiger partial charge is 0.381 e. The van der Waals surface area contributed by atoms with E-state index in [9.17, 15) is 8.42 Å². The normalized spacial score (nSPS) is 12.2. The first kappa shape index (κ1) is 16.3. The third kappa shape index (κ3) is 3.08. The van der Waals surface area contributed by atoms with E-state index in [4.69, 9.17) is 17.3 Å². The van der Waals surface area contributed by atoms with Crippen LogP contribution in [0.15, 0.2) is 17.0 Å². The Morgan fingerprint density at radius 1 is 1.48 bits per heavy atom. The Morgan fingerprint density at radius 3 is 2.57 bits per heavy atom. The van der Waals surface area contributed by atoms with Gasteiger partial charge in [-0.3, -0.25) is 4.68 Å². The maximum Gasteiger partial charge on any atom is 0.248 e. The van der Waals surface area contributed by atoms with Gasteiger partial charge in [-0.25, -0.2) is 8.42 Å². The molecule has 0 radical (unpaired) electrons. The summed E-state index contributed by atoms with van der Waals surface area (Å²) in [5, 5.41) is 3.97. The molecule has 0 aromatic carbocycles. The molecule has 6 nitrogen and oxygen atoms in total. The monoisotopic (exact) mass is 348 g/mol. The van der Waals surface area contributed by atoms with Gasteiger partial charge in [-0.05, 0) is 19.1 Å². The molecule has 0 aliphatic rings. The second kappa shape index (κ2) is 5.96. The fraction of sp³-hybridized carbons (Fsp3) is 0.417. The first-order valence-electron chi connectivity index (χ1n) is 6.30. The van der Waals surface area contributed by atoms with E-state index in [1.54, 1.807) is 27.0 Å². The lowest BCUT2D eigenvalue weighted by Gasteiger charge is -2.19. The number of nitrogens with zero attached hydrogens (tertiary/aromatic N) is 3.